The van der Waals surface area contributed by atoms with E-state index in [1.165, 1.54) is 37.7 Å². The number of carbonyl (C=O) groups excluding carboxylic acids is 1. The van der Waals surface area contributed by atoms with E-state index in [9.17, 15) is 4.79 Å². The minimum atomic E-state index is -0.538. The zero-order valence-electron chi connectivity index (χ0n) is 14.1. The molecule has 1 aromatic carbocycles. The smallest absolute Gasteiger partial charge is 0.427 e. The fourth-order valence-electron chi connectivity index (χ4n) is 5.38. The first kappa shape index (κ1) is 15.0. The lowest BCUT2D eigenvalue weighted by atomic mass is 9.50. The fourth-order valence-corrected chi connectivity index (χ4v) is 5.38. The lowest BCUT2D eigenvalue weighted by Crippen LogP contribution is -2.58. The number of aryl methyl sites for hydroxylation is 1. The van der Waals surface area contributed by atoms with Crippen LogP contribution in [0.4, 0.5) is 4.79 Å². The molecular formula is C20H26O3. The van der Waals surface area contributed by atoms with Gasteiger partial charge in [0.05, 0.1) is 0 Å². The van der Waals surface area contributed by atoms with Crippen molar-refractivity contribution in [1.82, 2.24) is 0 Å². The van der Waals surface area contributed by atoms with E-state index in [-0.39, 0.29) is 5.60 Å². The molecule has 0 N–H and O–H groups in total. The summed E-state index contributed by atoms with van der Waals surface area (Å²) in [4.78, 5) is 12.3. The van der Waals surface area contributed by atoms with Crippen LogP contribution in [0.1, 0.15) is 51.5 Å². The molecule has 0 radical (unpaired) electrons. The van der Waals surface area contributed by atoms with Crippen molar-refractivity contribution >= 4 is 6.16 Å². The fraction of sp³-hybridized carbons (Fsp3) is 0.650. The van der Waals surface area contributed by atoms with Gasteiger partial charge in [-0.05, 0) is 86.8 Å². The second-order valence-electron chi connectivity index (χ2n) is 7.94. The van der Waals surface area contributed by atoms with Crippen molar-refractivity contribution < 1.29 is 14.3 Å². The summed E-state index contributed by atoms with van der Waals surface area (Å²) in [6.45, 7) is 4.25. The zero-order chi connectivity index (χ0) is 16.0. The maximum atomic E-state index is 12.3. The monoisotopic (exact) mass is 314 g/mol. The first-order valence-electron chi connectivity index (χ1n) is 9.06. The van der Waals surface area contributed by atoms with Crippen molar-refractivity contribution in [3.8, 4) is 5.75 Å². The van der Waals surface area contributed by atoms with E-state index in [1.54, 1.807) is 0 Å². The molecule has 0 unspecified atom stereocenters. The molecule has 23 heavy (non-hydrogen) atoms. The number of carbonyl (C=O) groups is 1. The van der Waals surface area contributed by atoms with Gasteiger partial charge in [-0.15, -0.1) is 0 Å². The molecule has 0 spiro atoms. The summed E-state index contributed by atoms with van der Waals surface area (Å²) >= 11 is 0. The molecule has 4 aliphatic carbocycles. The minimum Gasteiger partial charge on any atom is -0.427 e. The van der Waals surface area contributed by atoms with Crippen LogP contribution >= 0.6 is 0 Å². The van der Waals surface area contributed by atoms with Crippen LogP contribution in [0.2, 0.25) is 0 Å². The van der Waals surface area contributed by atoms with Crippen LogP contribution in [0.5, 0.6) is 5.75 Å². The van der Waals surface area contributed by atoms with Gasteiger partial charge in [-0.1, -0.05) is 19.1 Å². The lowest BCUT2D eigenvalue weighted by molar-refractivity contribution is -0.169. The molecular weight excluding hydrogens is 288 g/mol. The third-order valence-electron chi connectivity index (χ3n) is 6.60. The molecule has 1 aromatic rings. The van der Waals surface area contributed by atoms with Crippen LogP contribution < -0.4 is 4.74 Å². The van der Waals surface area contributed by atoms with Crippen LogP contribution in [0.15, 0.2) is 24.3 Å². The predicted octanol–water partition coefficient (Wildman–Crippen LogP) is 4.98. The van der Waals surface area contributed by atoms with E-state index < -0.39 is 6.16 Å². The van der Waals surface area contributed by atoms with E-state index >= 15 is 0 Å². The summed E-state index contributed by atoms with van der Waals surface area (Å²) in [5, 5.41) is 0. The summed E-state index contributed by atoms with van der Waals surface area (Å²) in [7, 11) is 0. The molecule has 3 nitrogen and oxygen atoms in total. The van der Waals surface area contributed by atoms with E-state index in [4.69, 9.17) is 9.47 Å². The molecule has 124 valence electrons. The molecule has 0 aromatic heterocycles. The largest absolute Gasteiger partial charge is 0.514 e. The van der Waals surface area contributed by atoms with Gasteiger partial charge < -0.3 is 9.47 Å². The average molecular weight is 314 g/mol. The standard InChI is InChI=1S/C20H26O3/c1-3-13-4-6-18(7-5-13)22-19(21)23-20(2)16-9-14-8-15(11-16)12-17(20)10-14/h4-7,14-17H,3,8-12H2,1-2H3. The third-order valence-corrected chi connectivity index (χ3v) is 6.60. The SMILES string of the molecule is CCc1ccc(OC(=O)OC2(C)C3CC4CC(C3)CC2C4)cc1. The Balaban J connectivity index is 1.43. The van der Waals surface area contributed by atoms with E-state index in [0.29, 0.717) is 17.6 Å². The number of rotatable bonds is 3. The minimum absolute atomic E-state index is 0.326. The van der Waals surface area contributed by atoms with Crippen LogP contribution in [0.25, 0.3) is 0 Å². The molecule has 0 amide bonds. The first-order valence-corrected chi connectivity index (χ1v) is 9.06. The average Bonchev–Trinajstić information content (AvgIpc) is 2.53. The topological polar surface area (TPSA) is 35.5 Å². The van der Waals surface area contributed by atoms with Gasteiger partial charge in [0.25, 0.3) is 0 Å². The van der Waals surface area contributed by atoms with Crippen molar-refractivity contribution in [2.75, 3.05) is 0 Å². The summed E-state index contributed by atoms with van der Waals surface area (Å²) in [5.41, 5.74) is 0.909. The van der Waals surface area contributed by atoms with Crippen LogP contribution in [-0.2, 0) is 11.2 Å². The van der Waals surface area contributed by atoms with E-state index in [1.807, 2.05) is 24.3 Å². The molecule has 0 aliphatic heterocycles. The zero-order valence-corrected chi connectivity index (χ0v) is 14.1. The molecule has 4 aliphatic rings. The van der Waals surface area contributed by atoms with Gasteiger partial charge in [0.15, 0.2) is 0 Å². The molecule has 5 rings (SSSR count). The van der Waals surface area contributed by atoms with Gasteiger partial charge in [0.1, 0.15) is 11.4 Å². The normalized spacial score (nSPS) is 37.7. The highest BCUT2D eigenvalue weighted by Crippen LogP contribution is 2.59. The molecule has 4 fully saturated rings. The van der Waals surface area contributed by atoms with E-state index in [0.717, 1.165) is 18.3 Å². The van der Waals surface area contributed by atoms with Crippen LogP contribution in [0.3, 0.4) is 0 Å². The Labute approximate surface area is 138 Å². The van der Waals surface area contributed by atoms with Crippen molar-refractivity contribution in [3.63, 3.8) is 0 Å². The van der Waals surface area contributed by atoms with Gasteiger partial charge in [0, 0.05) is 0 Å². The number of hydrogen-bond donors (Lipinski definition) is 0. The van der Waals surface area contributed by atoms with Gasteiger partial charge >= 0.3 is 6.16 Å². The van der Waals surface area contributed by atoms with Gasteiger partial charge in [-0.3, -0.25) is 0 Å². The number of ether oxygens (including phenoxy) is 2. The number of benzene rings is 1. The molecule has 0 atom stereocenters. The van der Waals surface area contributed by atoms with Crippen LogP contribution in [0, 0.1) is 23.7 Å². The summed E-state index contributed by atoms with van der Waals surface area (Å²) in [6.07, 6.45) is 6.74. The highest BCUT2D eigenvalue weighted by Gasteiger charge is 2.57. The number of hydrogen-bond acceptors (Lipinski definition) is 3. The molecule has 0 saturated heterocycles. The third kappa shape index (κ3) is 2.64. The summed E-state index contributed by atoms with van der Waals surface area (Å²) in [6, 6.07) is 7.68. The van der Waals surface area contributed by atoms with Gasteiger partial charge in [-0.2, -0.15) is 0 Å². The van der Waals surface area contributed by atoms with Gasteiger partial charge in [-0.25, -0.2) is 4.79 Å². The Bertz CT molecular complexity index is 561. The first-order chi connectivity index (χ1) is 11.1. The summed E-state index contributed by atoms with van der Waals surface area (Å²) in [5.74, 6) is 3.35. The molecule has 3 heteroatoms. The molecule has 4 saturated carbocycles. The van der Waals surface area contributed by atoms with Crippen molar-refractivity contribution in [1.29, 1.82) is 0 Å². The molecule has 4 bridgehead atoms. The second kappa shape index (κ2) is 5.54. The summed E-state index contributed by atoms with van der Waals surface area (Å²) < 4.78 is 11.3. The van der Waals surface area contributed by atoms with Crippen molar-refractivity contribution in [2.24, 2.45) is 23.7 Å². The Morgan fingerprint density at radius 3 is 2.13 bits per heavy atom. The Morgan fingerprint density at radius 2 is 1.61 bits per heavy atom. The quantitative estimate of drug-likeness (QED) is 0.583. The van der Waals surface area contributed by atoms with Gasteiger partial charge in [0.2, 0.25) is 0 Å². The van der Waals surface area contributed by atoms with Crippen LogP contribution in [-0.4, -0.2) is 11.8 Å². The highest BCUT2D eigenvalue weighted by molar-refractivity contribution is 5.64. The maximum absolute atomic E-state index is 12.3. The lowest BCUT2D eigenvalue weighted by Gasteiger charge is -2.58. The van der Waals surface area contributed by atoms with Crippen molar-refractivity contribution in [3.05, 3.63) is 29.8 Å². The second-order valence-corrected chi connectivity index (χ2v) is 7.94. The predicted molar refractivity (Wildman–Crippen MR) is 88.4 cm³/mol. The van der Waals surface area contributed by atoms with E-state index in [2.05, 4.69) is 13.8 Å². The molecule has 0 heterocycles. The Hall–Kier alpha value is -1.51. The highest BCUT2D eigenvalue weighted by atomic mass is 16.7. The maximum Gasteiger partial charge on any atom is 0.514 e. The Kier molecular flexibility index (Phi) is 3.62. The van der Waals surface area contributed by atoms with Crippen molar-refractivity contribution in [2.45, 2.75) is 58.0 Å². The Morgan fingerprint density at radius 1 is 1.04 bits per heavy atom.